The molecule has 0 radical (unpaired) electrons. The maximum absolute atomic E-state index is 12.9. The second-order valence-corrected chi connectivity index (χ2v) is 9.53. The molecule has 0 saturated carbocycles. The van der Waals surface area contributed by atoms with Crippen molar-refractivity contribution in [1.29, 1.82) is 0 Å². The van der Waals surface area contributed by atoms with Gasteiger partial charge in [0.15, 0.2) is 5.76 Å². The maximum Gasteiger partial charge on any atom is 0.289 e. The average molecular weight is 509 g/mol. The second-order valence-electron chi connectivity index (χ2n) is 8.20. The maximum atomic E-state index is 12.9. The van der Waals surface area contributed by atoms with Crippen LogP contribution in [0.4, 0.5) is 0 Å². The third kappa shape index (κ3) is 5.06. The molecular weight excluding hydrogens is 488 g/mol. The van der Waals surface area contributed by atoms with Gasteiger partial charge < -0.3 is 9.32 Å². The lowest BCUT2D eigenvalue weighted by molar-refractivity contribution is 0.0683. The Hall–Kier alpha value is -3.69. The SMILES string of the molecule is O=C(NNC(=O)c1csc(C2CCN(C(=O)c3cc4ccccc4o3)CC2)n1)c1cccc(Cl)c1. The summed E-state index contributed by atoms with van der Waals surface area (Å²) in [5, 5.41) is 3.84. The molecule has 0 aliphatic carbocycles. The number of fused-ring (bicyclic) bond motifs is 1. The van der Waals surface area contributed by atoms with Gasteiger partial charge in [-0.25, -0.2) is 4.98 Å². The number of hydrogen-bond donors (Lipinski definition) is 2. The van der Waals surface area contributed by atoms with Crippen molar-refractivity contribution in [3.63, 3.8) is 0 Å². The zero-order chi connectivity index (χ0) is 24.4. The van der Waals surface area contributed by atoms with Crippen LogP contribution < -0.4 is 10.9 Å². The van der Waals surface area contributed by atoms with Crippen LogP contribution >= 0.6 is 22.9 Å². The molecule has 178 valence electrons. The summed E-state index contributed by atoms with van der Waals surface area (Å²) in [6, 6.07) is 15.7. The average Bonchev–Trinajstić information content (AvgIpc) is 3.54. The van der Waals surface area contributed by atoms with Crippen LogP contribution in [0.5, 0.6) is 0 Å². The van der Waals surface area contributed by atoms with Gasteiger partial charge in [0.25, 0.3) is 17.7 Å². The predicted molar refractivity (Wildman–Crippen MR) is 133 cm³/mol. The van der Waals surface area contributed by atoms with E-state index in [0.717, 1.165) is 23.2 Å². The zero-order valence-corrected chi connectivity index (χ0v) is 20.1. The molecule has 2 aromatic heterocycles. The van der Waals surface area contributed by atoms with Gasteiger partial charge in [-0.05, 0) is 43.2 Å². The number of nitrogens with zero attached hydrogens (tertiary/aromatic N) is 2. The Labute approximate surface area is 209 Å². The lowest BCUT2D eigenvalue weighted by atomic mass is 9.97. The number of piperidine rings is 1. The molecule has 5 rings (SSSR count). The van der Waals surface area contributed by atoms with Gasteiger partial charge in [-0.3, -0.25) is 25.2 Å². The molecule has 0 unspecified atom stereocenters. The van der Waals surface area contributed by atoms with Crippen molar-refractivity contribution in [2.24, 2.45) is 0 Å². The van der Waals surface area contributed by atoms with Gasteiger partial charge in [0.1, 0.15) is 11.3 Å². The summed E-state index contributed by atoms with van der Waals surface area (Å²) in [6.45, 7) is 1.16. The van der Waals surface area contributed by atoms with Crippen molar-refractivity contribution >= 4 is 51.6 Å². The van der Waals surface area contributed by atoms with Crippen LogP contribution in [0.2, 0.25) is 5.02 Å². The summed E-state index contributed by atoms with van der Waals surface area (Å²) >= 11 is 7.30. The predicted octanol–water partition coefficient (Wildman–Crippen LogP) is 4.64. The summed E-state index contributed by atoms with van der Waals surface area (Å²) in [5.74, 6) is -0.590. The number of aromatic nitrogens is 1. The Morgan fingerprint density at radius 2 is 1.77 bits per heavy atom. The van der Waals surface area contributed by atoms with Gasteiger partial charge in [0.2, 0.25) is 0 Å². The van der Waals surface area contributed by atoms with Crippen molar-refractivity contribution in [2.75, 3.05) is 13.1 Å². The molecule has 1 aliphatic heterocycles. The number of halogens is 1. The number of carbonyl (C=O) groups excluding carboxylic acids is 3. The molecule has 2 aromatic carbocycles. The highest BCUT2D eigenvalue weighted by Crippen LogP contribution is 2.31. The highest BCUT2D eigenvalue weighted by atomic mass is 35.5. The molecule has 0 spiro atoms. The molecule has 8 nitrogen and oxygen atoms in total. The molecule has 1 fully saturated rings. The van der Waals surface area contributed by atoms with E-state index in [0.29, 0.717) is 35.0 Å². The van der Waals surface area contributed by atoms with Crippen LogP contribution in [0.3, 0.4) is 0 Å². The molecule has 4 aromatic rings. The lowest BCUT2D eigenvalue weighted by Gasteiger charge is -2.30. The first-order chi connectivity index (χ1) is 17.0. The molecule has 10 heteroatoms. The molecule has 0 bridgehead atoms. The van der Waals surface area contributed by atoms with Crippen LogP contribution in [0.1, 0.15) is 55.2 Å². The number of benzene rings is 2. The number of hydrazine groups is 1. The second kappa shape index (κ2) is 9.89. The molecular formula is C25H21ClN4O4S. The van der Waals surface area contributed by atoms with Gasteiger partial charge in [-0.1, -0.05) is 35.9 Å². The summed E-state index contributed by atoms with van der Waals surface area (Å²) < 4.78 is 5.72. The first kappa shape index (κ1) is 23.1. The molecule has 0 atom stereocenters. The molecule has 1 aliphatic rings. The van der Waals surface area contributed by atoms with E-state index < -0.39 is 11.8 Å². The van der Waals surface area contributed by atoms with Crippen molar-refractivity contribution < 1.29 is 18.8 Å². The highest BCUT2D eigenvalue weighted by molar-refractivity contribution is 7.09. The van der Waals surface area contributed by atoms with E-state index in [1.54, 1.807) is 34.5 Å². The Kier molecular flexibility index (Phi) is 6.52. The smallest absolute Gasteiger partial charge is 0.289 e. The number of nitrogens with one attached hydrogen (secondary N) is 2. The largest absolute Gasteiger partial charge is 0.451 e. The summed E-state index contributed by atoms with van der Waals surface area (Å²) in [5.41, 5.74) is 6.02. The molecule has 35 heavy (non-hydrogen) atoms. The van der Waals surface area contributed by atoms with E-state index in [-0.39, 0.29) is 17.5 Å². The number of hydrogen-bond acceptors (Lipinski definition) is 6. The molecule has 2 N–H and O–H groups in total. The standard InChI is InChI=1S/C25H21ClN4O4S/c26-18-6-3-5-17(12-18)22(31)28-29-23(32)19-14-35-24(27-19)15-8-10-30(11-9-15)25(33)21-13-16-4-1-2-7-20(16)34-21/h1-7,12-15H,8-11H2,(H,28,31)(H,29,32). The molecule has 3 amide bonds. The Morgan fingerprint density at radius 3 is 2.54 bits per heavy atom. The van der Waals surface area contributed by atoms with E-state index in [1.807, 2.05) is 24.3 Å². The van der Waals surface area contributed by atoms with E-state index >= 15 is 0 Å². The van der Waals surface area contributed by atoms with E-state index in [2.05, 4.69) is 15.8 Å². The van der Waals surface area contributed by atoms with Gasteiger partial charge >= 0.3 is 0 Å². The van der Waals surface area contributed by atoms with Crippen LogP contribution in [-0.2, 0) is 0 Å². The third-order valence-corrected chi connectivity index (χ3v) is 7.14. The van der Waals surface area contributed by atoms with Gasteiger partial charge in [-0.15, -0.1) is 11.3 Å². The van der Waals surface area contributed by atoms with Crippen LogP contribution in [-0.4, -0.2) is 40.7 Å². The van der Waals surface area contributed by atoms with Crippen molar-refractivity contribution in [3.8, 4) is 0 Å². The quantitative estimate of drug-likeness (QED) is 0.391. The van der Waals surface area contributed by atoms with Crippen molar-refractivity contribution in [2.45, 2.75) is 18.8 Å². The van der Waals surface area contributed by atoms with Gasteiger partial charge in [0.05, 0.1) is 5.01 Å². The van der Waals surface area contributed by atoms with Crippen molar-refractivity contribution in [3.05, 3.63) is 87.0 Å². The number of rotatable bonds is 4. The van der Waals surface area contributed by atoms with E-state index in [4.69, 9.17) is 16.0 Å². The Bertz CT molecular complexity index is 1370. The Balaban J connectivity index is 1.15. The molecule has 3 heterocycles. The number of amides is 3. The monoisotopic (exact) mass is 508 g/mol. The van der Waals surface area contributed by atoms with Crippen molar-refractivity contribution in [1.82, 2.24) is 20.7 Å². The van der Waals surface area contributed by atoms with E-state index in [1.165, 1.54) is 17.4 Å². The fourth-order valence-corrected chi connectivity index (χ4v) is 5.19. The third-order valence-electron chi connectivity index (χ3n) is 5.90. The lowest BCUT2D eigenvalue weighted by Crippen LogP contribution is -2.41. The fraction of sp³-hybridized carbons (Fsp3) is 0.200. The minimum Gasteiger partial charge on any atom is -0.451 e. The highest BCUT2D eigenvalue weighted by Gasteiger charge is 2.28. The minimum absolute atomic E-state index is 0.116. The van der Waals surface area contributed by atoms with Crippen LogP contribution in [0.15, 0.2) is 64.4 Å². The summed E-state index contributed by atoms with van der Waals surface area (Å²) in [7, 11) is 0. The number of carbonyl (C=O) groups is 3. The first-order valence-electron chi connectivity index (χ1n) is 11.1. The topological polar surface area (TPSA) is 105 Å². The summed E-state index contributed by atoms with van der Waals surface area (Å²) in [4.78, 5) is 43.8. The molecule has 1 saturated heterocycles. The number of furan rings is 1. The summed E-state index contributed by atoms with van der Waals surface area (Å²) in [6.07, 6.45) is 1.48. The van der Waals surface area contributed by atoms with Gasteiger partial charge in [0, 0.05) is 40.4 Å². The fourth-order valence-electron chi connectivity index (χ4n) is 4.03. The normalized spacial score (nSPS) is 14.1. The van der Waals surface area contributed by atoms with E-state index in [9.17, 15) is 14.4 Å². The van der Waals surface area contributed by atoms with Gasteiger partial charge in [-0.2, -0.15) is 0 Å². The first-order valence-corrected chi connectivity index (χ1v) is 12.3. The minimum atomic E-state index is -0.500. The van der Waals surface area contributed by atoms with Crippen LogP contribution in [0, 0.1) is 0 Å². The zero-order valence-electron chi connectivity index (χ0n) is 18.5. The number of likely N-dealkylation sites (tertiary alicyclic amines) is 1. The number of para-hydroxylation sites is 1. The number of thiazole rings is 1. The van der Waals surface area contributed by atoms with Crippen LogP contribution in [0.25, 0.3) is 11.0 Å². The Morgan fingerprint density at radius 1 is 1.00 bits per heavy atom.